The van der Waals surface area contributed by atoms with Crippen molar-refractivity contribution in [2.24, 2.45) is 0 Å². The van der Waals surface area contributed by atoms with Crippen LogP contribution in [0.15, 0.2) is 12.1 Å². The number of nitrogen functional groups attached to an aromatic ring is 1. The first-order valence-corrected chi connectivity index (χ1v) is 4.08. The Morgan fingerprint density at radius 1 is 1.54 bits per heavy atom. The molecule has 0 saturated carbocycles. The maximum atomic E-state index is 11.0. The van der Waals surface area contributed by atoms with Crippen LogP contribution in [-0.4, -0.2) is 12.9 Å². The number of ether oxygens (including phenoxy) is 1. The number of carbonyl (C=O) groups is 1. The number of benzene rings is 1. The normalized spacial score (nSPS) is 9.77. The SMILES string of the molecule is COc1cc(C(C)=O)cc(Cl)c1N. The molecule has 0 fully saturated rings. The minimum absolute atomic E-state index is 0.0693. The van der Waals surface area contributed by atoms with Gasteiger partial charge in [-0.05, 0) is 19.1 Å². The van der Waals surface area contributed by atoms with Crippen molar-refractivity contribution >= 4 is 23.1 Å². The van der Waals surface area contributed by atoms with Crippen molar-refractivity contribution in [1.29, 1.82) is 0 Å². The van der Waals surface area contributed by atoms with Crippen LogP contribution in [0.5, 0.6) is 5.75 Å². The third kappa shape index (κ3) is 1.92. The molecule has 0 aliphatic heterocycles. The molecule has 3 nitrogen and oxygen atoms in total. The average molecular weight is 200 g/mol. The van der Waals surface area contributed by atoms with Gasteiger partial charge in [-0.2, -0.15) is 0 Å². The summed E-state index contributed by atoms with van der Waals surface area (Å²) in [5.41, 5.74) is 6.45. The second kappa shape index (κ2) is 3.66. The summed E-state index contributed by atoms with van der Waals surface area (Å²) < 4.78 is 4.95. The van der Waals surface area contributed by atoms with Crippen molar-refractivity contribution < 1.29 is 9.53 Å². The molecule has 0 heterocycles. The van der Waals surface area contributed by atoms with Crippen LogP contribution in [0.4, 0.5) is 5.69 Å². The van der Waals surface area contributed by atoms with Gasteiger partial charge in [-0.3, -0.25) is 4.79 Å². The zero-order valence-electron chi connectivity index (χ0n) is 7.43. The average Bonchev–Trinajstić information content (AvgIpc) is 2.09. The lowest BCUT2D eigenvalue weighted by Crippen LogP contribution is -1.98. The van der Waals surface area contributed by atoms with Gasteiger partial charge in [0.05, 0.1) is 17.8 Å². The molecule has 0 amide bonds. The van der Waals surface area contributed by atoms with Crippen LogP contribution in [0.2, 0.25) is 5.02 Å². The molecule has 0 bridgehead atoms. The van der Waals surface area contributed by atoms with Gasteiger partial charge in [0.25, 0.3) is 0 Å². The van der Waals surface area contributed by atoms with Crippen LogP contribution < -0.4 is 10.5 Å². The molecule has 70 valence electrons. The molecule has 4 heteroatoms. The first-order valence-electron chi connectivity index (χ1n) is 3.70. The Morgan fingerprint density at radius 3 is 2.62 bits per heavy atom. The molecule has 0 unspecified atom stereocenters. The minimum atomic E-state index is -0.0693. The topological polar surface area (TPSA) is 52.3 Å². The van der Waals surface area contributed by atoms with E-state index < -0.39 is 0 Å². The van der Waals surface area contributed by atoms with Crippen LogP contribution in [-0.2, 0) is 0 Å². The molecule has 0 spiro atoms. The van der Waals surface area contributed by atoms with E-state index in [1.54, 1.807) is 6.07 Å². The lowest BCUT2D eigenvalue weighted by Gasteiger charge is -2.07. The van der Waals surface area contributed by atoms with Gasteiger partial charge in [-0.1, -0.05) is 11.6 Å². The molecule has 1 aromatic rings. The van der Waals surface area contributed by atoms with E-state index in [2.05, 4.69) is 0 Å². The van der Waals surface area contributed by atoms with E-state index in [9.17, 15) is 4.79 Å². The molecule has 0 aliphatic rings. The Labute approximate surface area is 81.4 Å². The fourth-order valence-corrected chi connectivity index (χ4v) is 1.18. The number of carbonyl (C=O) groups excluding carboxylic acids is 1. The lowest BCUT2D eigenvalue weighted by atomic mass is 10.1. The summed E-state index contributed by atoms with van der Waals surface area (Å²) in [5.74, 6) is 0.359. The van der Waals surface area contributed by atoms with Crippen LogP contribution in [0.1, 0.15) is 17.3 Å². The van der Waals surface area contributed by atoms with Gasteiger partial charge in [0.15, 0.2) is 5.78 Å². The number of nitrogens with two attached hydrogens (primary N) is 1. The van der Waals surface area contributed by atoms with E-state index in [-0.39, 0.29) is 5.78 Å². The van der Waals surface area contributed by atoms with Gasteiger partial charge in [0.2, 0.25) is 0 Å². The number of anilines is 1. The second-order valence-electron chi connectivity index (χ2n) is 2.63. The molecular formula is C9H10ClNO2. The van der Waals surface area contributed by atoms with Crippen molar-refractivity contribution in [2.45, 2.75) is 6.92 Å². The number of methoxy groups -OCH3 is 1. The predicted octanol–water partition coefficient (Wildman–Crippen LogP) is 2.13. The molecule has 0 radical (unpaired) electrons. The second-order valence-corrected chi connectivity index (χ2v) is 3.04. The molecule has 0 aromatic heterocycles. The Hall–Kier alpha value is -1.22. The number of ketones is 1. The monoisotopic (exact) mass is 199 g/mol. The van der Waals surface area contributed by atoms with Crippen molar-refractivity contribution in [3.8, 4) is 5.75 Å². The molecule has 2 N–H and O–H groups in total. The third-order valence-corrected chi connectivity index (χ3v) is 2.03. The summed E-state index contributed by atoms with van der Waals surface area (Å²) in [6.07, 6.45) is 0. The summed E-state index contributed by atoms with van der Waals surface area (Å²) in [6, 6.07) is 3.10. The Bertz CT molecular complexity index is 350. The number of rotatable bonds is 2. The number of hydrogen-bond acceptors (Lipinski definition) is 3. The Kier molecular flexibility index (Phi) is 2.78. The van der Waals surface area contributed by atoms with Crippen molar-refractivity contribution in [3.63, 3.8) is 0 Å². The van der Waals surface area contributed by atoms with Gasteiger partial charge in [0, 0.05) is 5.56 Å². The molecule has 1 aromatic carbocycles. The maximum absolute atomic E-state index is 11.0. The van der Waals surface area contributed by atoms with Crippen molar-refractivity contribution in [2.75, 3.05) is 12.8 Å². The van der Waals surface area contributed by atoms with E-state index in [0.29, 0.717) is 22.0 Å². The zero-order chi connectivity index (χ0) is 10.0. The molecule has 0 atom stereocenters. The van der Waals surface area contributed by atoms with Crippen LogP contribution >= 0.6 is 11.6 Å². The van der Waals surface area contributed by atoms with E-state index >= 15 is 0 Å². The number of Topliss-reactive ketones (excluding diaryl/α,β-unsaturated/α-hetero) is 1. The zero-order valence-corrected chi connectivity index (χ0v) is 8.18. The summed E-state index contributed by atoms with van der Waals surface area (Å²) in [4.78, 5) is 11.0. The minimum Gasteiger partial charge on any atom is -0.495 e. The quantitative estimate of drug-likeness (QED) is 0.587. The largest absolute Gasteiger partial charge is 0.495 e. The lowest BCUT2D eigenvalue weighted by molar-refractivity contribution is 0.101. The van der Waals surface area contributed by atoms with Gasteiger partial charge in [0.1, 0.15) is 5.75 Å². The highest BCUT2D eigenvalue weighted by molar-refractivity contribution is 6.33. The molecule has 0 saturated heterocycles. The summed E-state index contributed by atoms with van der Waals surface area (Å²) in [7, 11) is 1.48. The van der Waals surface area contributed by atoms with E-state index in [4.69, 9.17) is 22.1 Å². The van der Waals surface area contributed by atoms with Gasteiger partial charge in [-0.25, -0.2) is 0 Å². The van der Waals surface area contributed by atoms with Crippen LogP contribution in [0.3, 0.4) is 0 Å². The van der Waals surface area contributed by atoms with Gasteiger partial charge < -0.3 is 10.5 Å². The standard InChI is InChI=1S/C9H10ClNO2/c1-5(12)6-3-7(10)9(11)8(4-6)13-2/h3-4H,11H2,1-2H3. The third-order valence-electron chi connectivity index (χ3n) is 1.72. The summed E-state index contributed by atoms with van der Waals surface area (Å²) in [5, 5.41) is 0.338. The molecule has 1 rings (SSSR count). The highest BCUT2D eigenvalue weighted by atomic mass is 35.5. The molecule has 13 heavy (non-hydrogen) atoms. The summed E-state index contributed by atoms with van der Waals surface area (Å²) in [6.45, 7) is 1.46. The summed E-state index contributed by atoms with van der Waals surface area (Å²) >= 11 is 5.78. The molecular weight excluding hydrogens is 190 g/mol. The van der Waals surface area contributed by atoms with E-state index in [1.165, 1.54) is 20.1 Å². The van der Waals surface area contributed by atoms with E-state index in [1.807, 2.05) is 0 Å². The van der Waals surface area contributed by atoms with Crippen LogP contribution in [0, 0.1) is 0 Å². The maximum Gasteiger partial charge on any atom is 0.159 e. The molecule has 0 aliphatic carbocycles. The number of halogens is 1. The van der Waals surface area contributed by atoms with E-state index in [0.717, 1.165) is 0 Å². The highest BCUT2D eigenvalue weighted by Crippen LogP contribution is 2.30. The van der Waals surface area contributed by atoms with Crippen molar-refractivity contribution in [3.05, 3.63) is 22.7 Å². The van der Waals surface area contributed by atoms with Gasteiger partial charge in [-0.15, -0.1) is 0 Å². The van der Waals surface area contributed by atoms with Crippen LogP contribution in [0.25, 0.3) is 0 Å². The first kappa shape index (κ1) is 9.86. The highest BCUT2D eigenvalue weighted by Gasteiger charge is 2.09. The fourth-order valence-electron chi connectivity index (χ4n) is 0.965. The van der Waals surface area contributed by atoms with Crippen molar-refractivity contribution in [1.82, 2.24) is 0 Å². The Morgan fingerprint density at radius 2 is 2.15 bits per heavy atom. The number of hydrogen-bond donors (Lipinski definition) is 1. The fraction of sp³-hybridized carbons (Fsp3) is 0.222. The smallest absolute Gasteiger partial charge is 0.159 e. The predicted molar refractivity (Wildman–Crippen MR) is 52.4 cm³/mol. The Balaban J connectivity index is 3.30. The van der Waals surface area contributed by atoms with Gasteiger partial charge >= 0.3 is 0 Å². The first-order chi connectivity index (χ1) is 6.06.